The summed E-state index contributed by atoms with van der Waals surface area (Å²) in [5, 5.41) is 3.28. The lowest BCUT2D eigenvalue weighted by Gasteiger charge is -2.28. The van der Waals surface area contributed by atoms with E-state index in [2.05, 4.69) is 76.3 Å². The van der Waals surface area contributed by atoms with Gasteiger partial charge in [0.1, 0.15) is 18.5 Å². The lowest BCUT2D eigenvalue weighted by Crippen LogP contribution is -2.50. The predicted octanol–water partition coefficient (Wildman–Crippen LogP) is 5.94. The van der Waals surface area contributed by atoms with Crippen molar-refractivity contribution in [1.82, 2.24) is 15.3 Å². The Balaban J connectivity index is 1.72. The Kier molecular flexibility index (Phi) is 7.52. The summed E-state index contributed by atoms with van der Waals surface area (Å²) in [5.74, 6) is 2.73. The molecule has 0 radical (unpaired) electrons. The van der Waals surface area contributed by atoms with Gasteiger partial charge in [-0.3, -0.25) is 0 Å². The van der Waals surface area contributed by atoms with Crippen LogP contribution in [0, 0.1) is 13.8 Å². The molecule has 0 unspecified atom stereocenters. The first-order valence-corrected chi connectivity index (χ1v) is 12.5. The average Bonchev–Trinajstić information content (AvgIpc) is 2.80. The molecule has 1 N–H and O–H groups in total. The Bertz CT molecular complexity index is 1130. The normalized spacial score (nSPS) is 13.7. The summed E-state index contributed by atoms with van der Waals surface area (Å²) in [6.45, 7) is 14.9. The largest absolute Gasteiger partial charge is 0.488 e. The third kappa shape index (κ3) is 5.10. The average molecular weight is 460 g/mol. The molecule has 0 aliphatic carbocycles. The number of benzene rings is 2. The first-order chi connectivity index (χ1) is 16.4. The van der Waals surface area contributed by atoms with Crippen molar-refractivity contribution >= 4 is 0 Å². The van der Waals surface area contributed by atoms with Crippen LogP contribution in [0.2, 0.25) is 0 Å². The van der Waals surface area contributed by atoms with Crippen molar-refractivity contribution in [1.29, 1.82) is 0 Å². The van der Waals surface area contributed by atoms with Crippen LogP contribution in [-0.4, -0.2) is 29.2 Å². The fourth-order valence-corrected chi connectivity index (χ4v) is 4.26. The smallest absolute Gasteiger partial charge is 0.224 e. The number of nitrogens with one attached hydrogen (secondary N) is 1. The van der Waals surface area contributed by atoms with Gasteiger partial charge in [-0.25, -0.2) is 4.98 Å². The van der Waals surface area contributed by atoms with Gasteiger partial charge in [0.2, 0.25) is 5.88 Å². The number of nitrogens with zero attached hydrogens (tertiary/aromatic N) is 2. The van der Waals surface area contributed by atoms with Crippen molar-refractivity contribution in [2.24, 2.45) is 0 Å². The van der Waals surface area contributed by atoms with Crippen LogP contribution in [0.15, 0.2) is 36.4 Å². The summed E-state index contributed by atoms with van der Waals surface area (Å²) in [6.07, 6.45) is 1.99. The molecule has 0 saturated carbocycles. The Morgan fingerprint density at radius 1 is 1.00 bits per heavy atom. The Labute approximate surface area is 204 Å². The number of hydrogen-bond donors (Lipinski definition) is 1. The highest BCUT2D eigenvalue weighted by Crippen LogP contribution is 2.32. The van der Waals surface area contributed by atoms with Gasteiger partial charge in [0, 0.05) is 18.7 Å². The predicted molar refractivity (Wildman–Crippen MR) is 138 cm³/mol. The molecule has 2 heterocycles. The molecular weight excluding hydrogens is 422 g/mol. The second-order valence-electron chi connectivity index (χ2n) is 9.44. The topological polar surface area (TPSA) is 56.3 Å². The second-order valence-corrected chi connectivity index (χ2v) is 9.44. The van der Waals surface area contributed by atoms with E-state index >= 15 is 0 Å². The summed E-state index contributed by atoms with van der Waals surface area (Å²) in [5.41, 5.74) is 7.87. The zero-order valence-electron chi connectivity index (χ0n) is 21.4. The molecule has 0 amide bonds. The molecule has 1 saturated heterocycles. The number of aryl methyl sites for hydroxylation is 4. The Hall–Kier alpha value is -2.92. The van der Waals surface area contributed by atoms with Gasteiger partial charge in [-0.15, -0.1) is 0 Å². The highest BCUT2D eigenvalue weighted by molar-refractivity contribution is 5.66. The number of rotatable bonds is 9. The SMILES string of the molecule is CCc1cccc(CC)c1-c1nc(C)c(COc2cc(C(C)C)ccc2C)c(OC2CNC2)n1. The molecule has 1 aliphatic heterocycles. The van der Waals surface area contributed by atoms with Gasteiger partial charge in [0.05, 0.1) is 11.3 Å². The standard InChI is InChI=1S/C29H37N3O2/c1-7-21-10-9-11-22(8-2)27(21)28-31-20(6)25(29(32-28)34-24-15-30-16-24)17-33-26-14-23(18(3)4)13-12-19(26)5/h9-14,18,24,30H,7-8,15-17H2,1-6H3. The number of aromatic nitrogens is 2. The molecule has 1 fully saturated rings. The van der Waals surface area contributed by atoms with Gasteiger partial charge in [0.15, 0.2) is 5.82 Å². The number of ether oxygens (including phenoxy) is 2. The molecule has 0 bridgehead atoms. The van der Waals surface area contributed by atoms with E-state index in [1.54, 1.807) is 0 Å². The van der Waals surface area contributed by atoms with E-state index in [1.165, 1.54) is 16.7 Å². The molecule has 1 aliphatic rings. The summed E-state index contributed by atoms with van der Waals surface area (Å²) in [7, 11) is 0. The minimum atomic E-state index is 0.124. The molecule has 3 aromatic rings. The van der Waals surface area contributed by atoms with Crippen LogP contribution in [0.1, 0.15) is 67.1 Å². The zero-order chi connectivity index (χ0) is 24.2. The van der Waals surface area contributed by atoms with Gasteiger partial charge < -0.3 is 14.8 Å². The van der Waals surface area contributed by atoms with E-state index in [9.17, 15) is 0 Å². The maximum absolute atomic E-state index is 6.36. The van der Waals surface area contributed by atoms with Crippen LogP contribution in [0.3, 0.4) is 0 Å². The first kappa shape index (κ1) is 24.2. The maximum atomic E-state index is 6.36. The second kappa shape index (κ2) is 10.6. The molecule has 34 heavy (non-hydrogen) atoms. The van der Waals surface area contributed by atoms with Crippen LogP contribution in [0.25, 0.3) is 11.4 Å². The minimum absolute atomic E-state index is 0.124. The van der Waals surface area contributed by atoms with Gasteiger partial charge >= 0.3 is 0 Å². The van der Waals surface area contributed by atoms with E-state index in [-0.39, 0.29) is 6.10 Å². The minimum Gasteiger partial charge on any atom is -0.488 e. The van der Waals surface area contributed by atoms with E-state index in [4.69, 9.17) is 19.4 Å². The highest BCUT2D eigenvalue weighted by Gasteiger charge is 2.24. The van der Waals surface area contributed by atoms with E-state index in [1.807, 2.05) is 6.92 Å². The number of hydrogen-bond acceptors (Lipinski definition) is 5. The van der Waals surface area contributed by atoms with Crippen LogP contribution < -0.4 is 14.8 Å². The summed E-state index contributed by atoms with van der Waals surface area (Å²) in [4.78, 5) is 9.95. The summed E-state index contributed by atoms with van der Waals surface area (Å²) < 4.78 is 12.7. The fourth-order valence-electron chi connectivity index (χ4n) is 4.26. The van der Waals surface area contributed by atoms with Crippen LogP contribution >= 0.6 is 0 Å². The fraction of sp³-hybridized carbons (Fsp3) is 0.448. The van der Waals surface area contributed by atoms with Crippen molar-refractivity contribution in [3.63, 3.8) is 0 Å². The van der Waals surface area contributed by atoms with E-state index < -0.39 is 0 Å². The van der Waals surface area contributed by atoms with Gasteiger partial charge in [-0.05, 0) is 60.9 Å². The lowest BCUT2D eigenvalue weighted by atomic mass is 9.96. The van der Waals surface area contributed by atoms with Crippen LogP contribution in [-0.2, 0) is 19.4 Å². The molecule has 0 atom stereocenters. The van der Waals surface area contributed by atoms with Gasteiger partial charge in [0.25, 0.3) is 0 Å². The van der Waals surface area contributed by atoms with Crippen molar-refractivity contribution in [2.75, 3.05) is 13.1 Å². The van der Waals surface area contributed by atoms with Crippen LogP contribution in [0.4, 0.5) is 0 Å². The maximum Gasteiger partial charge on any atom is 0.224 e. The molecule has 5 heteroatoms. The quantitative estimate of drug-likeness (QED) is 0.429. The van der Waals surface area contributed by atoms with Crippen molar-refractivity contribution in [3.05, 3.63) is 69.9 Å². The summed E-state index contributed by atoms with van der Waals surface area (Å²) in [6, 6.07) is 12.9. The van der Waals surface area contributed by atoms with E-state index in [0.717, 1.165) is 59.9 Å². The molecule has 4 rings (SSSR count). The van der Waals surface area contributed by atoms with Crippen LogP contribution in [0.5, 0.6) is 11.6 Å². The van der Waals surface area contributed by atoms with Gasteiger partial charge in [-0.1, -0.05) is 58.0 Å². The van der Waals surface area contributed by atoms with E-state index in [0.29, 0.717) is 18.4 Å². The molecule has 180 valence electrons. The molecular formula is C29H37N3O2. The molecule has 2 aromatic carbocycles. The summed E-state index contributed by atoms with van der Waals surface area (Å²) >= 11 is 0. The third-order valence-electron chi connectivity index (χ3n) is 6.67. The first-order valence-electron chi connectivity index (χ1n) is 12.5. The molecule has 1 aromatic heterocycles. The van der Waals surface area contributed by atoms with Crippen molar-refractivity contribution in [3.8, 4) is 23.0 Å². The van der Waals surface area contributed by atoms with Crippen molar-refractivity contribution in [2.45, 2.75) is 73.0 Å². The van der Waals surface area contributed by atoms with Gasteiger partial charge in [-0.2, -0.15) is 4.98 Å². The Morgan fingerprint density at radius 2 is 1.71 bits per heavy atom. The Morgan fingerprint density at radius 3 is 2.29 bits per heavy atom. The lowest BCUT2D eigenvalue weighted by molar-refractivity contribution is 0.132. The third-order valence-corrected chi connectivity index (χ3v) is 6.67. The highest BCUT2D eigenvalue weighted by atomic mass is 16.5. The molecule has 5 nitrogen and oxygen atoms in total. The van der Waals surface area contributed by atoms with Crippen molar-refractivity contribution < 1.29 is 9.47 Å². The molecule has 0 spiro atoms. The zero-order valence-corrected chi connectivity index (χ0v) is 21.4. The monoisotopic (exact) mass is 459 g/mol.